The molecule has 2 saturated heterocycles. The van der Waals surface area contributed by atoms with E-state index in [1.165, 1.54) is 32.2 Å². The van der Waals surface area contributed by atoms with Gasteiger partial charge in [0.2, 0.25) is 0 Å². The van der Waals surface area contributed by atoms with Gasteiger partial charge in [0.15, 0.2) is 0 Å². The molecular weight excluding hydrogens is 272 g/mol. The first kappa shape index (κ1) is 15.0. The predicted octanol–water partition coefficient (Wildman–Crippen LogP) is 1.61. The maximum Gasteiger partial charge on any atom is 0.136 e. The summed E-state index contributed by atoms with van der Waals surface area (Å²) >= 11 is 6.31. The summed E-state index contributed by atoms with van der Waals surface area (Å²) in [4.78, 5) is 5.25. The van der Waals surface area contributed by atoms with Gasteiger partial charge >= 0.3 is 0 Å². The van der Waals surface area contributed by atoms with Crippen LogP contribution in [0.2, 0.25) is 0 Å². The second-order valence-electron chi connectivity index (χ2n) is 7.64. The average molecular weight is 301 g/mol. The second kappa shape index (κ2) is 5.73. The first-order chi connectivity index (χ1) is 9.46. The summed E-state index contributed by atoms with van der Waals surface area (Å²) in [6.45, 7) is 8.08. The van der Waals surface area contributed by atoms with Gasteiger partial charge in [-0.1, -0.05) is 38.3 Å². The first-order valence-electron chi connectivity index (χ1n) is 8.06. The highest BCUT2D eigenvalue weighted by atomic mass is 35.5. The SMILES string of the molecule is CN1CC(C)(C)CN(C2CCCC2)C2NC(Cl)NCC21. The van der Waals surface area contributed by atoms with Gasteiger partial charge in [-0.05, 0) is 25.3 Å². The van der Waals surface area contributed by atoms with Crippen LogP contribution in [0, 0.1) is 5.41 Å². The quantitative estimate of drug-likeness (QED) is 0.569. The van der Waals surface area contributed by atoms with Crippen molar-refractivity contribution in [2.75, 3.05) is 26.7 Å². The van der Waals surface area contributed by atoms with Crippen molar-refractivity contribution < 1.29 is 0 Å². The molecule has 0 bridgehead atoms. The van der Waals surface area contributed by atoms with E-state index in [-0.39, 0.29) is 5.62 Å². The van der Waals surface area contributed by atoms with Crippen molar-refractivity contribution in [2.24, 2.45) is 5.41 Å². The van der Waals surface area contributed by atoms with Gasteiger partial charge in [-0.3, -0.25) is 20.4 Å². The van der Waals surface area contributed by atoms with Gasteiger partial charge in [0.1, 0.15) is 5.62 Å². The normalized spacial score (nSPS) is 40.5. The number of nitrogens with one attached hydrogen (secondary N) is 2. The molecular formula is C15H29ClN4. The number of alkyl halides is 1. The van der Waals surface area contributed by atoms with Gasteiger partial charge in [-0.2, -0.15) is 0 Å². The minimum absolute atomic E-state index is 0.102. The van der Waals surface area contributed by atoms with Crippen LogP contribution < -0.4 is 10.6 Å². The van der Waals surface area contributed by atoms with E-state index in [1.54, 1.807) is 0 Å². The third-order valence-electron chi connectivity index (χ3n) is 5.19. The minimum atomic E-state index is -0.102. The van der Waals surface area contributed by atoms with Crippen LogP contribution in [0.3, 0.4) is 0 Å². The fourth-order valence-electron chi connectivity index (χ4n) is 4.40. The van der Waals surface area contributed by atoms with Gasteiger partial charge in [0, 0.05) is 25.7 Å². The highest BCUT2D eigenvalue weighted by Crippen LogP contribution is 2.33. The summed E-state index contributed by atoms with van der Waals surface area (Å²) in [7, 11) is 2.26. The van der Waals surface area contributed by atoms with Crippen LogP contribution >= 0.6 is 11.6 Å². The maximum absolute atomic E-state index is 6.31. The van der Waals surface area contributed by atoms with Gasteiger partial charge in [-0.15, -0.1) is 0 Å². The van der Waals surface area contributed by atoms with Crippen LogP contribution in [0.15, 0.2) is 0 Å². The van der Waals surface area contributed by atoms with Gasteiger partial charge < -0.3 is 0 Å². The number of hydrogen-bond donors (Lipinski definition) is 2. The number of fused-ring (bicyclic) bond motifs is 1. The molecule has 0 amide bonds. The number of nitrogens with zero attached hydrogens (tertiary/aromatic N) is 2. The van der Waals surface area contributed by atoms with Crippen LogP contribution in [0.5, 0.6) is 0 Å². The zero-order valence-corrected chi connectivity index (χ0v) is 13.8. The highest BCUT2D eigenvalue weighted by Gasteiger charge is 2.44. The minimum Gasteiger partial charge on any atom is -0.299 e. The fraction of sp³-hybridized carbons (Fsp3) is 1.00. The summed E-state index contributed by atoms with van der Waals surface area (Å²) in [6.07, 6.45) is 5.86. The van der Waals surface area contributed by atoms with Crippen LogP contribution in [-0.2, 0) is 0 Å². The van der Waals surface area contributed by atoms with Crippen LogP contribution in [0.4, 0.5) is 0 Å². The lowest BCUT2D eigenvalue weighted by Gasteiger charge is -2.46. The van der Waals surface area contributed by atoms with Crippen molar-refractivity contribution in [1.82, 2.24) is 20.4 Å². The van der Waals surface area contributed by atoms with Crippen molar-refractivity contribution in [3.8, 4) is 0 Å². The number of halogens is 1. The molecule has 3 unspecified atom stereocenters. The molecule has 0 aromatic rings. The van der Waals surface area contributed by atoms with E-state index in [1.807, 2.05) is 0 Å². The lowest BCUT2D eigenvalue weighted by atomic mass is 9.92. The zero-order chi connectivity index (χ0) is 14.3. The molecule has 116 valence electrons. The molecule has 0 aromatic heterocycles. The lowest BCUT2D eigenvalue weighted by molar-refractivity contribution is 0.0392. The molecule has 5 heteroatoms. The average Bonchev–Trinajstić information content (AvgIpc) is 2.85. The third kappa shape index (κ3) is 3.00. The Morgan fingerprint density at radius 3 is 2.55 bits per heavy atom. The smallest absolute Gasteiger partial charge is 0.136 e. The topological polar surface area (TPSA) is 30.5 Å². The summed E-state index contributed by atoms with van der Waals surface area (Å²) in [5, 5.41) is 6.96. The Balaban J connectivity index is 1.86. The van der Waals surface area contributed by atoms with Crippen molar-refractivity contribution in [1.29, 1.82) is 0 Å². The molecule has 3 rings (SSSR count). The fourth-order valence-corrected chi connectivity index (χ4v) is 4.61. The van der Waals surface area contributed by atoms with Crippen LogP contribution in [0.25, 0.3) is 0 Å². The van der Waals surface area contributed by atoms with Gasteiger partial charge in [0.25, 0.3) is 0 Å². The molecule has 2 heterocycles. The third-order valence-corrected chi connectivity index (χ3v) is 5.47. The largest absolute Gasteiger partial charge is 0.299 e. The van der Waals surface area contributed by atoms with Crippen molar-refractivity contribution in [3.63, 3.8) is 0 Å². The summed E-state index contributed by atoms with van der Waals surface area (Å²) < 4.78 is 0. The summed E-state index contributed by atoms with van der Waals surface area (Å²) in [5.41, 5.74) is 0.229. The Labute approximate surface area is 128 Å². The van der Waals surface area contributed by atoms with Crippen LogP contribution in [-0.4, -0.2) is 60.4 Å². The molecule has 0 aromatic carbocycles. The van der Waals surface area contributed by atoms with Gasteiger partial charge in [0.05, 0.1) is 12.2 Å². The number of likely N-dealkylation sites (N-methyl/N-ethyl adjacent to an activating group) is 1. The van der Waals surface area contributed by atoms with E-state index in [9.17, 15) is 0 Å². The van der Waals surface area contributed by atoms with E-state index in [2.05, 4.69) is 41.3 Å². The van der Waals surface area contributed by atoms with Crippen molar-refractivity contribution in [2.45, 2.75) is 63.4 Å². The Morgan fingerprint density at radius 2 is 1.85 bits per heavy atom. The van der Waals surface area contributed by atoms with Crippen molar-refractivity contribution >= 4 is 11.6 Å². The van der Waals surface area contributed by atoms with E-state index in [4.69, 9.17) is 11.6 Å². The lowest BCUT2D eigenvalue weighted by Crippen LogP contribution is -2.68. The molecule has 2 aliphatic heterocycles. The van der Waals surface area contributed by atoms with E-state index in [0.717, 1.165) is 19.1 Å². The molecule has 3 fully saturated rings. The Kier molecular flexibility index (Phi) is 4.31. The summed E-state index contributed by atoms with van der Waals surface area (Å²) in [6, 6.07) is 1.25. The monoisotopic (exact) mass is 300 g/mol. The zero-order valence-electron chi connectivity index (χ0n) is 13.0. The van der Waals surface area contributed by atoms with E-state index >= 15 is 0 Å². The van der Waals surface area contributed by atoms with Crippen LogP contribution in [0.1, 0.15) is 39.5 Å². The first-order valence-corrected chi connectivity index (χ1v) is 8.49. The maximum atomic E-state index is 6.31. The molecule has 20 heavy (non-hydrogen) atoms. The van der Waals surface area contributed by atoms with E-state index < -0.39 is 0 Å². The predicted molar refractivity (Wildman–Crippen MR) is 83.7 cm³/mol. The number of rotatable bonds is 1. The molecule has 0 radical (unpaired) electrons. The van der Waals surface area contributed by atoms with E-state index in [0.29, 0.717) is 17.6 Å². The van der Waals surface area contributed by atoms with Crippen molar-refractivity contribution in [3.05, 3.63) is 0 Å². The molecule has 0 spiro atoms. The number of hydrogen-bond acceptors (Lipinski definition) is 4. The second-order valence-corrected chi connectivity index (χ2v) is 8.08. The molecule has 3 aliphatic rings. The highest BCUT2D eigenvalue weighted by molar-refractivity contribution is 6.20. The Hall–Kier alpha value is 0.130. The molecule has 1 saturated carbocycles. The molecule has 4 nitrogen and oxygen atoms in total. The Morgan fingerprint density at radius 1 is 1.15 bits per heavy atom. The Bertz CT molecular complexity index is 343. The molecule has 2 N–H and O–H groups in total. The summed E-state index contributed by atoms with van der Waals surface area (Å²) in [5.74, 6) is 0. The molecule has 1 aliphatic carbocycles. The molecule has 3 atom stereocenters. The van der Waals surface area contributed by atoms with Gasteiger partial charge in [-0.25, -0.2) is 0 Å². The standard InChI is InChI=1S/C15H29ClN4/c1-15(2)9-19(3)12-8-17-14(16)18-13(12)20(10-15)11-6-4-5-7-11/h11-14,17-18H,4-10H2,1-3H3.